The van der Waals surface area contributed by atoms with Gasteiger partial charge in [0.2, 0.25) is 0 Å². The fourth-order valence-corrected chi connectivity index (χ4v) is 0.603. The molecule has 0 aromatic rings. The maximum atomic E-state index is 11.5. The van der Waals surface area contributed by atoms with Gasteiger partial charge in [-0.15, -0.1) is 0 Å². The number of hydrogen-bond acceptors (Lipinski definition) is 3. The summed E-state index contributed by atoms with van der Waals surface area (Å²) >= 11 is 0. The summed E-state index contributed by atoms with van der Waals surface area (Å²) in [6.45, 7) is -5.12. The Labute approximate surface area is 86.3 Å². The van der Waals surface area contributed by atoms with E-state index in [0.717, 1.165) is 0 Å². The number of alkyl halides is 6. The van der Waals surface area contributed by atoms with E-state index in [-0.39, 0.29) is 0 Å². The van der Waals surface area contributed by atoms with Gasteiger partial charge >= 0.3 is 12.4 Å². The molecule has 0 saturated heterocycles. The third kappa shape index (κ3) is 11.2. The van der Waals surface area contributed by atoms with Gasteiger partial charge in [-0.3, -0.25) is 4.79 Å². The molecule has 0 bridgehead atoms. The monoisotopic (exact) mass is 254 g/mol. The van der Waals surface area contributed by atoms with E-state index in [9.17, 15) is 31.1 Å². The maximum Gasteiger partial charge on any atom is 0.411 e. The number of halogens is 6. The van der Waals surface area contributed by atoms with E-state index in [2.05, 4.69) is 9.47 Å². The van der Waals surface area contributed by atoms with Gasteiger partial charge in [0, 0.05) is 0 Å². The van der Waals surface area contributed by atoms with Crippen LogP contribution in [0.15, 0.2) is 0 Å². The van der Waals surface area contributed by atoms with Gasteiger partial charge in [-0.25, -0.2) is 0 Å². The van der Waals surface area contributed by atoms with Crippen molar-refractivity contribution in [3.8, 4) is 0 Å². The largest absolute Gasteiger partial charge is 0.411 e. The summed E-state index contributed by atoms with van der Waals surface area (Å²) in [5.41, 5.74) is 0. The normalized spacial score (nSPS) is 12.9. The van der Waals surface area contributed by atoms with Gasteiger partial charge in [-0.05, 0) is 0 Å². The molecule has 0 aliphatic heterocycles. The van der Waals surface area contributed by atoms with Crippen LogP contribution in [0.4, 0.5) is 26.3 Å². The van der Waals surface area contributed by atoms with E-state index < -0.39 is 44.6 Å². The summed E-state index contributed by atoms with van der Waals surface area (Å²) in [6, 6.07) is 0. The zero-order valence-corrected chi connectivity index (χ0v) is 7.82. The molecular formula is C7H8F6O3. The van der Waals surface area contributed by atoms with Crippen LogP contribution in [0.2, 0.25) is 0 Å². The number of carbonyl (C=O) groups is 1. The van der Waals surface area contributed by atoms with E-state index in [1.807, 2.05) is 0 Å². The molecule has 0 aliphatic rings. The molecule has 0 spiro atoms. The lowest BCUT2D eigenvalue weighted by Crippen LogP contribution is -2.25. The number of hydrogen-bond donors (Lipinski definition) is 0. The second-order valence-corrected chi connectivity index (χ2v) is 2.75. The molecule has 0 saturated carbocycles. The molecule has 0 aromatic heterocycles. The SMILES string of the molecule is O=C(COCC(F)(F)F)COCC(F)(F)F. The van der Waals surface area contributed by atoms with Gasteiger partial charge in [0.25, 0.3) is 0 Å². The maximum absolute atomic E-state index is 11.5. The van der Waals surface area contributed by atoms with Crippen molar-refractivity contribution < 1.29 is 40.6 Å². The molecule has 16 heavy (non-hydrogen) atoms. The average molecular weight is 254 g/mol. The molecule has 0 radical (unpaired) electrons. The van der Waals surface area contributed by atoms with E-state index in [1.54, 1.807) is 0 Å². The Bertz CT molecular complexity index is 199. The van der Waals surface area contributed by atoms with E-state index >= 15 is 0 Å². The van der Waals surface area contributed by atoms with Crippen molar-refractivity contribution in [2.24, 2.45) is 0 Å². The lowest BCUT2D eigenvalue weighted by atomic mass is 10.4. The minimum absolute atomic E-state index is 0.933. The van der Waals surface area contributed by atoms with Gasteiger partial charge in [0.1, 0.15) is 26.4 Å². The topological polar surface area (TPSA) is 35.5 Å². The van der Waals surface area contributed by atoms with Crippen molar-refractivity contribution in [3.05, 3.63) is 0 Å². The lowest BCUT2D eigenvalue weighted by Gasteiger charge is -2.08. The fourth-order valence-electron chi connectivity index (χ4n) is 0.603. The molecule has 0 aromatic carbocycles. The van der Waals surface area contributed by atoms with Crippen LogP contribution in [-0.4, -0.2) is 44.6 Å². The highest BCUT2D eigenvalue weighted by molar-refractivity contribution is 5.80. The first-order chi connectivity index (χ1) is 7.10. The molecule has 0 amide bonds. The molecule has 96 valence electrons. The molecule has 0 unspecified atom stereocenters. The Hall–Kier alpha value is -0.830. The third-order valence-corrected chi connectivity index (χ3v) is 1.06. The average Bonchev–Trinajstić information content (AvgIpc) is 1.98. The van der Waals surface area contributed by atoms with Crippen LogP contribution >= 0.6 is 0 Å². The predicted octanol–water partition coefficient (Wildman–Crippen LogP) is 1.71. The summed E-state index contributed by atoms with van der Waals surface area (Å²) in [6.07, 6.45) is -9.15. The Kier molecular flexibility index (Phi) is 5.73. The number of Topliss-reactive ketones (excluding diaryl/α,β-unsaturated/α-hetero) is 1. The second-order valence-electron chi connectivity index (χ2n) is 2.75. The molecule has 0 aliphatic carbocycles. The van der Waals surface area contributed by atoms with Gasteiger partial charge in [-0.1, -0.05) is 0 Å². The molecule has 0 fully saturated rings. The standard InChI is InChI=1S/C7H8F6O3/c8-6(9,10)3-15-1-5(14)2-16-4-7(11,12)13/h1-4H2. The molecule has 0 rings (SSSR count). The summed E-state index contributed by atoms with van der Waals surface area (Å²) in [7, 11) is 0. The zero-order chi connectivity index (χ0) is 12.8. The minimum Gasteiger partial charge on any atom is -0.364 e. The summed E-state index contributed by atoms with van der Waals surface area (Å²) in [5, 5.41) is 0. The summed E-state index contributed by atoms with van der Waals surface area (Å²) in [5.74, 6) is -0.992. The molecule has 0 atom stereocenters. The van der Waals surface area contributed by atoms with E-state index in [1.165, 1.54) is 0 Å². The molecular weight excluding hydrogens is 246 g/mol. The smallest absolute Gasteiger partial charge is 0.364 e. The highest BCUT2D eigenvalue weighted by atomic mass is 19.4. The fraction of sp³-hybridized carbons (Fsp3) is 0.857. The molecule has 3 nitrogen and oxygen atoms in total. The number of carbonyl (C=O) groups excluding carboxylic acids is 1. The van der Waals surface area contributed by atoms with Gasteiger partial charge in [0.05, 0.1) is 0 Å². The minimum atomic E-state index is -4.58. The lowest BCUT2D eigenvalue weighted by molar-refractivity contribution is -0.182. The van der Waals surface area contributed by atoms with Crippen molar-refractivity contribution in [2.45, 2.75) is 12.4 Å². The van der Waals surface area contributed by atoms with Crippen molar-refractivity contribution in [1.82, 2.24) is 0 Å². The quantitative estimate of drug-likeness (QED) is 0.677. The Balaban J connectivity index is 3.53. The van der Waals surface area contributed by atoms with Crippen molar-refractivity contribution in [3.63, 3.8) is 0 Å². The van der Waals surface area contributed by atoms with Crippen molar-refractivity contribution in [2.75, 3.05) is 26.4 Å². The van der Waals surface area contributed by atoms with Crippen LogP contribution in [0.3, 0.4) is 0 Å². The van der Waals surface area contributed by atoms with Crippen LogP contribution in [0.5, 0.6) is 0 Å². The Morgan fingerprint density at radius 3 is 1.38 bits per heavy atom. The number of ether oxygens (including phenoxy) is 2. The van der Waals surface area contributed by atoms with Crippen LogP contribution in [0, 0.1) is 0 Å². The first-order valence-corrected chi connectivity index (χ1v) is 3.91. The highest BCUT2D eigenvalue weighted by Gasteiger charge is 2.29. The van der Waals surface area contributed by atoms with E-state index in [0.29, 0.717) is 0 Å². The van der Waals surface area contributed by atoms with Gasteiger partial charge in [0.15, 0.2) is 5.78 Å². The molecule has 0 heterocycles. The predicted molar refractivity (Wildman–Crippen MR) is 38.8 cm³/mol. The molecule has 0 N–H and O–H groups in total. The van der Waals surface area contributed by atoms with E-state index in [4.69, 9.17) is 0 Å². The highest BCUT2D eigenvalue weighted by Crippen LogP contribution is 2.15. The second kappa shape index (κ2) is 6.04. The van der Waals surface area contributed by atoms with Gasteiger partial charge in [-0.2, -0.15) is 26.3 Å². The Morgan fingerprint density at radius 1 is 0.812 bits per heavy atom. The molecule has 9 heteroatoms. The van der Waals surface area contributed by atoms with Crippen LogP contribution in [0.25, 0.3) is 0 Å². The van der Waals surface area contributed by atoms with Crippen molar-refractivity contribution >= 4 is 5.78 Å². The summed E-state index contributed by atoms with van der Waals surface area (Å²) in [4.78, 5) is 10.6. The van der Waals surface area contributed by atoms with Crippen molar-refractivity contribution in [1.29, 1.82) is 0 Å². The van der Waals surface area contributed by atoms with Crippen LogP contribution in [0.1, 0.15) is 0 Å². The van der Waals surface area contributed by atoms with Crippen LogP contribution in [-0.2, 0) is 14.3 Å². The third-order valence-electron chi connectivity index (χ3n) is 1.06. The van der Waals surface area contributed by atoms with Gasteiger partial charge < -0.3 is 9.47 Å². The summed E-state index contributed by atoms with van der Waals surface area (Å²) < 4.78 is 76.8. The zero-order valence-electron chi connectivity index (χ0n) is 7.82. The Morgan fingerprint density at radius 2 is 1.12 bits per heavy atom. The van der Waals surface area contributed by atoms with Crippen LogP contribution < -0.4 is 0 Å². The number of rotatable bonds is 6. The first-order valence-electron chi connectivity index (χ1n) is 3.91. The first kappa shape index (κ1) is 15.2. The number of ketones is 1.